The number of unbranched alkanes of at least 4 members (excludes halogenated alkanes) is 14. The molecule has 0 saturated heterocycles. The standard InChI is InChI=1S/C40H72O8/c1-4-5-17-23-33(42)27-28-36-35(37(43)29-38(36)44)24-20-21-25-39(45)47-31-34(30-41)48-40(46)26-19-16-14-12-10-8-6-7-9-11-13-15-18-22-32(2)3/h20-21,27-28,32-38,41-44H,4-19,22-26,29-31H2,1-3H3/b21-20-,28-27+/t33-,34+,35+,36-,37+,38-/m1/s1. The molecule has 0 bridgehead atoms. The highest BCUT2D eigenvalue weighted by molar-refractivity contribution is 5.71. The minimum Gasteiger partial charge on any atom is -0.461 e. The summed E-state index contributed by atoms with van der Waals surface area (Å²) in [5.74, 6) is -0.537. The molecule has 280 valence electrons. The third kappa shape index (κ3) is 22.8. The molecule has 8 nitrogen and oxygen atoms in total. The number of carbonyl (C=O) groups excluding carboxylic acids is 2. The van der Waals surface area contributed by atoms with Gasteiger partial charge in [0.1, 0.15) is 6.61 Å². The molecule has 1 aliphatic rings. The number of allylic oxidation sites excluding steroid dienone is 1. The monoisotopic (exact) mass is 681 g/mol. The van der Waals surface area contributed by atoms with Crippen LogP contribution in [0.5, 0.6) is 0 Å². The van der Waals surface area contributed by atoms with E-state index in [0.717, 1.165) is 44.4 Å². The van der Waals surface area contributed by atoms with E-state index in [9.17, 15) is 30.0 Å². The van der Waals surface area contributed by atoms with Crippen molar-refractivity contribution < 1.29 is 39.5 Å². The lowest BCUT2D eigenvalue weighted by Gasteiger charge is -2.19. The molecule has 0 aromatic heterocycles. The van der Waals surface area contributed by atoms with Crippen LogP contribution < -0.4 is 0 Å². The van der Waals surface area contributed by atoms with Crippen molar-refractivity contribution in [1.82, 2.24) is 0 Å². The van der Waals surface area contributed by atoms with E-state index in [-0.39, 0.29) is 37.3 Å². The Kier molecular flexibility index (Phi) is 26.8. The number of hydrogen-bond donors (Lipinski definition) is 4. The Morgan fingerprint density at radius 1 is 0.771 bits per heavy atom. The van der Waals surface area contributed by atoms with Gasteiger partial charge in [0.15, 0.2) is 6.10 Å². The van der Waals surface area contributed by atoms with Gasteiger partial charge in [-0.2, -0.15) is 0 Å². The van der Waals surface area contributed by atoms with Gasteiger partial charge in [0.05, 0.1) is 31.3 Å². The molecule has 0 aliphatic heterocycles. The molecule has 0 amide bonds. The highest BCUT2D eigenvalue weighted by atomic mass is 16.6. The third-order valence-corrected chi connectivity index (χ3v) is 9.53. The minimum absolute atomic E-state index is 0.00663. The van der Waals surface area contributed by atoms with Crippen molar-refractivity contribution >= 4 is 11.9 Å². The van der Waals surface area contributed by atoms with Crippen LogP contribution in [0, 0.1) is 17.8 Å². The van der Waals surface area contributed by atoms with Crippen LogP contribution in [0.4, 0.5) is 0 Å². The molecule has 0 aromatic carbocycles. The SMILES string of the molecule is CCCCC[C@@H](O)/C=C/[C@@H]1[C@H](C/C=C\CC(=O)OC[C@H](CO)OC(=O)CCCCCCCCCCCCCCCC(C)C)[C@@H](O)C[C@H]1O. The normalized spacial score (nSPS) is 21.0. The maximum atomic E-state index is 12.2. The summed E-state index contributed by atoms with van der Waals surface area (Å²) in [6, 6.07) is 0. The predicted molar refractivity (Wildman–Crippen MR) is 193 cm³/mol. The number of aliphatic hydroxyl groups excluding tert-OH is 4. The first kappa shape index (κ1) is 44.3. The van der Waals surface area contributed by atoms with E-state index in [0.29, 0.717) is 19.3 Å². The van der Waals surface area contributed by atoms with Gasteiger partial charge in [-0.3, -0.25) is 9.59 Å². The van der Waals surface area contributed by atoms with Gasteiger partial charge in [0, 0.05) is 18.8 Å². The second-order valence-electron chi connectivity index (χ2n) is 14.5. The van der Waals surface area contributed by atoms with E-state index >= 15 is 0 Å². The summed E-state index contributed by atoms with van der Waals surface area (Å²) in [5.41, 5.74) is 0. The molecule has 4 N–H and O–H groups in total. The van der Waals surface area contributed by atoms with Crippen LogP contribution >= 0.6 is 0 Å². The number of carbonyl (C=O) groups is 2. The fourth-order valence-corrected chi connectivity index (χ4v) is 6.48. The zero-order chi connectivity index (χ0) is 35.4. The molecule has 1 aliphatic carbocycles. The summed E-state index contributed by atoms with van der Waals surface area (Å²) in [4.78, 5) is 24.4. The average molecular weight is 681 g/mol. The lowest BCUT2D eigenvalue weighted by molar-refractivity contribution is -0.161. The van der Waals surface area contributed by atoms with Crippen LogP contribution in [-0.2, 0) is 19.1 Å². The fraction of sp³-hybridized carbons (Fsp3) is 0.850. The number of esters is 2. The minimum atomic E-state index is -0.884. The van der Waals surface area contributed by atoms with Crippen molar-refractivity contribution in [3.05, 3.63) is 24.3 Å². The van der Waals surface area contributed by atoms with Crippen LogP contribution in [-0.4, -0.2) is 70.0 Å². The van der Waals surface area contributed by atoms with Gasteiger partial charge < -0.3 is 29.9 Å². The average Bonchev–Trinajstić information content (AvgIpc) is 3.32. The molecule has 0 aromatic rings. The highest BCUT2D eigenvalue weighted by Gasteiger charge is 2.39. The summed E-state index contributed by atoms with van der Waals surface area (Å²) in [6.07, 6.45) is 26.5. The van der Waals surface area contributed by atoms with E-state index in [4.69, 9.17) is 9.47 Å². The van der Waals surface area contributed by atoms with Gasteiger partial charge in [0.25, 0.3) is 0 Å². The maximum Gasteiger partial charge on any atom is 0.309 e. The quantitative estimate of drug-likeness (QED) is 0.0340. The first-order valence-electron chi connectivity index (χ1n) is 19.5. The van der Waals surface area contributed by atoms with Gasteiger partial charge in [0.2, 0.25) is 0 Å². The van der Waals surface area contributed by atoms with Crippen molar-refractivity contribution in [3.63, 3.8) is 0 Å². The van der Waals surface area contributed by atoms with Crippen molar-refractivity contribution in [2.24, 2.45) is 17.8 Å². The van der Waals surface area contributed by atoms with Crippen molar-refractivity contribution in [3.8, 4) is 0 Å². The molecule has 0 spiro atoms. The van der Waals surface area contributed by atoms with Gasteiger partial charge in [-0.15, -0.1) is 0 Å². The molecule has 1 fully saturated rings. The van der Waals surface area contributed by atoms with E-state index < -0.39 is 37.0 Å². The summed E-state index contributed by atoms with van der Waals surface area (Å²) < 4.78 is 10.5. The topological polar surface area (TPSA) is 134 Å². The molecular formula is C40H72O8. The Morgan fingerprint density at radius 2 is 1.35 bits per heavy atom. The molecule has 6 atom stereocenters. The summed E-state index contributed by atoms with van der Waals surface area (Å²) in [6.45, 7) is 6.09. The molecule has 1 saturated carbocycles. The lowest BCUT2D eigenvalue weighted by atomic mass is 9.89. The number of aliphatic hydroxyl groups is 4. The lowest BCUT2D eigenvalue weighted by Crippen LogP contribution is -2.28. The van der Waals surface area contributed by atoms with Crippen molar-refractivity contribution in [2.45, 2.75) is 186 Å². The molecule has 0 heterocycles. The van der Waals surface area contributed by atoms with Crippen LogP contribution in [0.2, 0.25) is 0 Å². The van der Waals surface area contributed by atoms with Gasteiger partial charge in [-0.1, -0.05) is 148 Å². The predicted octanol–water partition coefficient (Wildman–Crippen LogP) is 8.13. The zero-order valence-corrected chi connectivity index (χ0v) is 30.7. The zero-order valence-electron chi connectivity index (χ0n) is 30.7. The van der Waals surface area contributed by atoms with E-state index in [2.05, 4.69) is 20.8 Å². The number of ether oxygens (including phenoxy) is 2. The smallest absolute Gasteiger partial charge is 0.309 e. The van der Waals surface area contributed by atoms with E-state index in [1.54, 1.807) is 18.2 Å². The number of hydrogen-bond acceptors (Lipinski definition) is 8. The molecule has 8 heteroatoms. The molecule has 1 rings (SSSR count). The summed E-state index contributed by atoms with van der Waals surface area (Å²) in [7, 11) is 0. The Labute approximate surface area is 292 Å². The highest BCUT2D eigenvalue weighted by Crippen LogP contribution is 2.36. The van der Waals surface area contributed by atoms with Crippen molar-refractivity contribution in [2.75, 3.05) is 13.2 Å². The van der Waals surface area contributed by atoms with Crippen LogP contribution in [0.25, 0.3) is 0 Å². The summed E-state index contributed by atoms with van der Waals surface area (Å²) >= 11 is 0. The first-order valence-corrected chi connectivity index (χ1v) is 19.5. The van der Waals surface area contributed by atoms with E-state index in [1.807, 2.05) is 6.08 Å². The Balaban J connectivity index is 2.14. The Hall–Kier alpha value is -1.74. The molecular weight excluding hydrogens is 608 g/mol. The first-order chi connectivity index (χ1) is 23.2. The third-order valence-electron chi connectivity index (χ3n) is 9.53. The van der Waals surface area contributed by atoms with E-state index in [1.165, 1.54) is 70.6 Å². The fourth-order valence-electron chi connectivity index (χ4n) is 6.48. The molecule has 0 radical (unpaired) electrons. The van der Waals surface area contributed by atoms with Gasteiger partial charge in [-0.25, -0.2) is 0 Å². The second kappa shape index (κ2) is 29.0. The van der Waals surface area contributed by atoms with Gasteiger partial charge in [-0.05, 0) is 31.1 Å². The van der Waals surface area contributed by atoms with Crippen LogP contribution in [0.1, 0.15) is 162 Å². The maximum absolute atomic E-state index is 12.2. The Bertz CT molecular complexity index is 856. The largest absolute Gasteiger partial charge is 0.461 e. The van der Waals surface area contributed by atoms with Crippen LogP contribution in [0.3, 0.4) is 0 Å². The molecule has 48 heavy (non-hydrogen) atoms. The van der Waals surface area contributed by atoms with Crippen molar-refractivity contribution in [1.29, 1.82) is 0 Å². The van der Waals surface area contributed by atoms with Gasteiger partial charge >= 0.3 is 11.9 Å². The second-order valence-corrected chi connectivity index (χ2v) is 14.5. The number of rotatable bonds is 30. The Morgan fingerprint density at radius 3 is 1.94 bits per heavy atom. The van der Waals surface area contributed by atoms with Crippen LogP contribution in [0.15, 0.2) is 24.3 Å². The molecule has 0 unspecified atom stereocenters. The summed E-state index contributed by atoms with van der Waals surface area (Å²) in [5, 5.41) is 40.6.